The molecule has 0 aliphatic rings. The van der Waals surface area contributed by atoms with Crippen LogP contribution in [-0.2, 0) is 0 Å². The van der Waals surface area contributed by atoms with E-state index in [2.05, 4.69) is 44.2 Å². The lowest BCUT2D eigenvalue weighted by Gasteiger charge is -2.05. The Labute approximate surface area is 71.5 Å². The SMILES string of the molecule is CCC(C)[SiH2]c1ccccc1. The normalized spacial score (nSPS) is 14.0. The van der Waals surface area contributed by atoms with Crippen LogP contribution < -0.4 is 5.19 Å². The van der Waals surface area contributed by atoms with E-state index in [0.717, 1.165) is 5.54 Å². The fourth-order valence-electron chi connectivity index (χ4n) is 1.16. The predicted molar refractivity (Wildman–Crippen MR) is 54.3 cm³/mol. The summed E-state index contributed by atoms with van der Waals surface area (Å²) in [5.74, 6) is 0. The second-order valence-electron chi connectivity index (χ2n) is 3.20. The monoisotopic (exact) mass is 164 g/mol. The van der Waals surface area contributed by atoms with E-state index in [9.17, 15) is 0 Å². The van der Waals surface area contributed by atoms with Crippen LogP contribution in [0.3, 0.4) is 0 Å². The number of hydrogen-bond donors (Lipinski definition) is 0. The first-order chi connectivity index (χ1) is 5.33. The van der Waals surface area contributed by atoms with E-state index in [4.69, 9.17) is 0 Å². The molecule has 0 fully saturated rings. The lowest BCUT2D eigenvalue weighted by atomic mass is 10.4. The lowest BCUT2D eigenvalue weighted by Crippen LogP contribution is -2.16. The standard InChI is InChI=1S/C10H16Si/c1-3-9(2)11-10-7-5-4-6-8-10/h4-9H,3,11H2,1-2H3. The summed E-state index contributed by atoms with van der Waals surface area (Å²) >= 11 is 0. The second-order valence-corrected chi connectivity index (χ2v) is 5.82. The van der Waals surface area contributed by atoms with Crippen molar-refractivity contribution in [3.63, 3.8) is 0 Å². The van der Waals surface area contributed by atoms with Gasteiger partial charge in [0.05, 0.1) is 9.52 Å². The second kappa shape index (κ2) is 4.34. The molecule has 1 rings (SSSR count). The molecule has 0 bridgehead atoms. The Morgan fingerprint density at radius 1 is 1.27 bits per heavy atom. The molecule has 1 aromatic carbocycles. The van der Waals surface area contributed by atoms with Gasteiger partial charge >= 0.3 is 0 Å². The summed E-state index contributed by atoms with van der Waals surface area (Å²) in [6.45, 7) is 4.64. The first-order valence-corrected chi connectivity index (χ1v) is 5.89. The minimum Gasteiger partial charge on any atom is -0.0667 e. The molecule has 0 saturated heterocycles. The summed E-state index contributed by atoms with van der Waals surface area (Å²) in [7, 11) is 0.0129. The summed E-state index contributed by atoms with van der Waals surface area (Å²) in [6.07, 6.45) is 1.33. The van der Waals surface area contributed by atoms with Gasteiger partial charge in [-0.15, -0.1) is 0 Å². The van der Waals surface area contributed by atoms with Gasteiger partial charge < -0.3 is 0 Å². The van der Waals surface area contributed by atoms with Crippen LogP contribution in [0, 0.1) is 0 Å². The Morgan fingerprint density at radius 2 is 1.91 bits per heavy atom. The molecule has 0 spiro atoms. The maximum atomic E-state index is 2.36. The highest BCUT2D eigenvalue weighted by atomic mass is 28.2. The smallest absolute Gasteiger partial charge is 0.0575 e. The van der Waals surface area contributed by atoms with Crippen molar-refractivity contribution in [3.05, 3.63) is 30.3 Å². The molecule has 0 heterocycles. The maximum Gasteiger partial charge on any atom is 0.0575 e. The molecule has 0 radical (unpaired) electrons. The van der Waals surface area contributed by atoms with E-state index >= 15 is 0 Å². The van der Waals surface area contributed by atoms with E-state index in [1.807, 2.05) is 0 Å². The van der Waals surface area contributed by atoms with Crippen molar-refractivity contribution in [2.75, 3.05) is 0 Å². The van der Waals surface area contributed by atoms with Gasteiger partial charge in [0.15, 0.2) is 0 Å². The average Bonchev–Trinajstić information content (AvgIpc) is 2.06. The topological polar surface area (TPSA) is 0 Å². The van der Waals surface area contributed by atoms with Gasteiger partial charge in [-0.05, 0) is 5.54 Å². The highest BCUT2D eigenvalue weighted by molar-refractivity contribution is 6.54. The summed E-state index contributed by atoms with van der Waals surface area (Å²) in [5, 5.41) is 1.60. The quantitative estimate of drug-likeness (QED) is 0.597. The van der Waals surface area contributed by atoms with Crippen molar-refractivity contribution >= 4 is 14.7 Å². The van der Waals surface area contributed by atoms with Gasteiger partial charge in [0, 0.05) is 0 Å². The van der Waals surface area contributed by atoms with Crippen molar-refractivity contribution in [2.45, 2.75) is 25.8 Å². The van der Waals surface area contributed by atoms with Crippen LogP contribution in [0.1, 0.15) is 20.3 Å². The van der Waals surface area contributed by atoms with Gasteiger partial charge in [0.2, 0.25) is 0 Å². The molecule has 0 aliphatic heterocycles. The van der Waals surface area contributed by atoms with Crippen LogP contribution in [0.25, 0.3) is 0 Å². The Morgan fingerprint density at radius 3 is 2.45 bits per heavy atom. The molecule has 0 aromatic heterocycles. The number of rotatable bonds is 3. The molecule has 0 amide bonds. The highest BCUT2D eigenvalue weighted by Crippen LogP contribution is 2.04. The predicted octanol–water partition coefficient (Wildman–Crippen LogP) is 1.70. The lowest BCUT2D eigenvalue weighted by molar-refractivity contribution is 0.874. The fraction of sp³-hybridized carbons (Fsp3) is 0.400. The summed E-state index contributed by atoms with van der Waals surface area (Å²) in [4.78, 5) is 0. The van der Waals surface area contributed by atoms with Gasteiger partial charge in [0.1, 0.15) is 0 Å². The van der Waals surface area contributed by atoms with Crippen LogP contribution in [0.15, 0.2) is 30.3 Å². The average molecular weight is 164 g/mol. The van der Waals surface area contributed by atoms with Gasteiger partial charge in [-0.1, -0.05) is 55.8 Å². The number of hydrogen-bond acceptors (Lipinski definition) is 0. The zero-order chi connectivity index (χ0) is 8.10. The van der Waals surface area contributed by atoms with Crippen molar-refractivity contribution in [1.29, 1.82) is 0 Å². The molecule has 0 aliphatic carbocycles. The molecule has 0 N–H and O–H groups in total. The van der Waals surface area contributed by atoms with Crippen molar-refractivity contribution < 1.29 is 0 Å². The third kappa shape index (κ3) is 2.89. The Balaban J connectivity index is 2.51. The zero-order valence-corrected chi connectivity index (χ0v) is 8.79. The van der Waals surface area contributed by atoms with Crippen molar-refractivity contribution in [2.24, 2.45) is 0 Å². The molecular formula is C10H16Si. The summed E-state index contributed by atoms with van der Waals surface area (Å²) in [6, 6.07) is 10.9. The van der Waals surface area contributed by atoms with E-state index in [-0.39, 0.29) is 9.52 Å². The number of benzene rings is 1. The van der Waals surface area contributed by atoms with E-state index in [1.54, 1.807) is 5.19 Å². The fourth-order valence-corrected chi connectivity index (χ4v) is 2.80. The Bertz CT molecular complexity index is 193. The first-order valence-electron chi connectivity index (χ1n) is 4.37. The Kier molecular flexibility index (Phi) is 3.37. The van der Waals surface area contributed by atoms with Gasteiger partial charge in [-0.2, -0.15) is 0 Å². The molecule has 1 unspecified atom stereocenters. The molecule has 11 heavy (non-hydrogen) atoms. The minimum absolute atomic E-state index is 0.0129. The largest absolute Gasteiger partial charge is 0.0667 e. The molecule has 0 saturated carbocycles. The first kappa shape index (κ1) is 8.53. The van der Waals surface area contributed by atoms with Crippen molar-refractivity contribution in [1.82, 2.24) is 0 Å². The third-order valence-corrected chi connectivity index (χ3v) is 4.34. The van der Waals surface area contributed by atoms with Crippen LogP contribution in [0.2, 0.25) is 5.54 Å². The van der Waals surface area contributed by atoms with E-state index < -0.39 is 0 Å². The van der Waals surface area contributed by atoms with Gasteiger partial charge in [-0.3, -0.25) is 0 Å². The van der Waals surface area contributed by atoms with Gasteiger partial charge in [-0.25, -0.2) is 0 Å². The van der Waals surface area contributed by atoms with E-state index in [1.165, 1.54) is 6.42 Å². The third-order valence-electron chi connectivity index (χ3n) is 2.12. The molecule has 60 valence electrons. The van der Waals surface area contributed by atoms with E-state index in [0.29, 0.717) is 0 Å². The van der Waals surface area contributed by atoms with Crippen LogP contribution in [-0.4, -0.2) is 9.52 Å². The van der Waals surface area contributed by atoms with Crippen LogP contribution in [0.4, 0.5) is 0 Å². The van der Waals surface area contributed by atoms with Crippen molar-refractivity contribution in [3.8, 4) is 0 Å². The van der Waals surface area contributed by atoms with Crippen LogP contribution in [0.5, 0.6) is 0 Å². The van der Waals surface area contributed by atoms with Crippen LogP contribution >= 0.6 is 0 Å². The molecular weight excluding hydrogens is 148 g/mol. The molecule has 1 aromatic rings. The maximum absolute atomic E-state index is 2.36. The minimum atomic E-state index is 0.0129. The summed E-state index contributed by atoms with van der Waals surface area (Å²) < 4.78 is 0. The summed E-state index contributed by atoms with van der Waals surface area (Å²) in [5.41, 5.74) is 0.956. The van der Waals surface area contributed by atoms with Gasteiger partial charge in [0.25, 0.3) is 0 Å². The molecule has 1 heteroatoms. The molecule has 0 nitrogen and oxygen atoms in total. The highest BCUT2D eigenvalue weighted by Gasteiger charge is 1.99. The Hall–Kier alpha value is -0.563. The zero-order valence-electron chi connectivity index (χ0n) is 7.38. The molecule has 1 atom stereocenters.